The molecule has 0 atom stereocenters. The van der Waals surface area contributed by atoms with Gasteiger partial charge in [-0.05, 0) is 18.2 Å². The van der Waals surface area contributed by atoms with Crippen LogP contribution in [-0.4, -0.2) is 23.2 Å². The van der Waals surface area contributed by atoms with Crippen molar-refractivity contribution in [3.63, 3.8) is 0 Å². The zero-order valence-corrected chi connectivity index (χ0v) is 8.01. The zero-order valence-electron chi connectivity index (χ0n) is 8.01. The first-order chi connectivity index (χ1) is 7.71. The topological polar surface area (TPSA) is 66.4 Å². The van der Waals surface area contributed by atoms with E-state index in [0.29, 0.717) is 6.07 Å². The Morgan fingerprint density at radius 2 is 1.82 bits per heavy atom. The van der Waals surface area contributed by atoms with Crippen molar-refractivity contribution in [3.05, 3.63) is 29.6 Å². The van der Waals surface area contributed by atoms with Crippen molar-refractivity contribution in [1.82, 2.24) is 0 Å². The molecular formula is C9H5F4NO3. The lowest BCUT2D eigenvalue weighted by Gasteiger charge is -2.08. The maximum absolute atomic E-state index is 13.1. The second-order valence-electron chi connectivity index (χ2n) is 2.95. The highest BCUT2D eigenvalue weighted by molar-refractivity contribution is 5.95. The van der Waals surface area contributed by atoms with E-state index in [9.17, 15) is 27.2 Å². The monoisotopic (exact) mass is 251 g/mol. The standard InChI is InChI=1S/C9H5F4NO3/c10-5-3-4(7(15)16)1-2-6(5)14-8(17)9(11,12)13/h1-3H,(H,14,17)(H,15,16). The third-order valence-electron chi connectivity index (χ3n) is 1.72. The van der Waals surface area contributed by atoms with Crippen molar-refractivity contribution >= 4 is 17.6 Å². The molecule has 0 aromatic heterocycles. The highest BCUT2D eigenvalue weighted by Gasteiger charge is 2.39. The molecule has 0 fully saturated rings. The van der Waals surface area contributed by atoms with Crippen LogP contribution in [0.1, 0.15) is 10.4 Å². The first kappa shape index (κ1) is 12.9. The zero-order chi connectivity index (χ0) is 13.2. The summed E-state index contributed by atoms with van der Waals surface area (Å²) in [5.41, 5.74) is -1.18. The van der Waals surface area contributed by atoms with Gasteiger partial charge in [-0.15, -0.1) is 0 Å². The summed E-state index contributed by atoms with van der Waals surface area (Å²) in [5.74, 6) is -5.03. The summed E-state index contributed by atoms with van der Waals surface area (Å²) in [6.45, 7) is 0. The van der Waals surface area contributed by atoms with Gasteiger partial charge in [-0.2, -0.15) is 13.2 Å². The number of alkyl halides is 3. The average Bonchev–Trinajstić information content (AvgIpc) is 2.19. The smallest absolute Gasteiger partial charge is 0.471 e. The van der Waals surface area contributed by atoms with E-state index >= 15 is 0 Å². The minimum absolute atomic E-state index is 0.437. The summed E-state index contributed by atoms with van der Waals surface area (Å²) >= 11 is 0. The van der Waals surface area contributed by atoms with Crippen LogP contribution in [0.15, 0.2) is 18.2 Å². The quantitative estimate of drug-likeness (QED) is 0.790. The van der Waals surface area contributed by atoms with Crippen molar-refractivity contribution in [1.29, 1.82) is 0 Å². The Bertz CT molecular complexity index is 470. The van der Waals surface area contributed by atoms with Gasteiger partial charge in [0.05, 0.1) is 11.3 Å². The van der Waals surface area contributed by atoms with Crippen molar-refractivity contribution < 1.29 is 32.3 Å². The number of carbonyl (C=O) groups is 2. The van der Waals surface area contributed by atoms with Gasteiger partial charge in [-0.25, -0.2) is 9.18 Å². The summed E-state index contributed by atoms with van der Waals surface area (Å²) in [6.07, 6.45) is -5.14. The molecule has 0 bridgehead atoms. The van der Waals surface area contributed by atoms with E-state index in [0.717, 1.165) is 12.1 Å². The number of anilines is 1. The van der Waals surface area contributed by atoms with E-state index in [2.05, 4.69) is 0 Å². The fourth-order valence-corrected chi connectivity index (χ4v) is 0.943. The number of nitrogens with one attached hydrogen (secondary N) is 1. The number of carbonyl (C=O) groups excluding carboxylic acids is 1. The number of amides is 1. The van der Waals surface area contributed by atoms with Gasteiger partial charge in [0.25, 0.3) is 0 Å². The number of benzene rings is 1. The highest BCUT2D eigenvalue weighted by Crippen LogP contribution is 2.21. The number of rotatable bonds is 2. The van der Waals surface area contributed by atoms with Gasteiger partial charge in [0.1, 0.15) is 5.82 Å². The van der Waals surface area contributed by atoms with E-state index in [1.807, 2.05) is 0 Å². The van der Waals surface area contributed by atoms with Crippen molar-refractivity contribution in [2.45, 2.75) is 6.18 Å². The molecule has 1 amide bonds. The highest BCUT2D eigenvalue weighted by atomic mass is 19.4. The molecule has 4 nitrogen and oxygen atoms in total. The van der Waals surface area contributed by atoms with Crippen LogP contribution < -0.4 is 5.32 Å². The third-order valence-corrected chi connectivity index (χ3v) is 1.72. The Balaban J connectivity index is 2.95. The fraction of sp³-hybridized carbons (Fsp3) is 0.111. The van der Waals surface area contributed by atoms with E-state index < -0.39 is 35.1 Å². The molecule has 17 heavy (non-hydrogen) atoms. The molecule has 1 aromatic rings. The number of halogens is 4. The molecule has 1 rings (SSSR count). The molecule has 1 aromatic carbocycles. The number of hydrogen-bond acceptors (Lipinski definition) is 2. The van der Waals surface area contributed by atoms with E-state index in [4.69, 9.17) is 5.11 Å². The average molecular weight is 251 g/mol. The molecule has 0 spiro atoms. The third kappa shape index (κ3) is 3.16. The molecule has 0 heterocycles. The largest absolute Gasteiger partial charge is 0.478 e. The van der Waals surface area contributed by atoms with Crippen molar-refractivity contribution in [3.8, 4) is 0 Å². The molecule has 0 unspecified atom stereocenters. The number of carboxylic acids is 1. The first-order valence-electron chi connectivity index (χ1n) is 4.13. The molecule has 0 aliphatic heterocycles. The van der Waals surface area contributed by atoms with Gasteiger partial charge in [-0.1, -0.05) is 0 Å². The minimum Gasteiger partial charge on any atom is -0.478 e. The molecular weight excluding hydrogens is 246 g/mol. The SMILES string of the molecule is O=C(O)c1ccc(NC(=O)C(F)(F)F)c(F)c1. The van der Waals surface area contributed by atoms with Gasteiger partial charge in [0, 0.05) is 0 Å². The molecule has 92 valence electrons. The Morgan fingerprint density at radius 1 is 1.24 bits per heavy atom. The Labute approximate surface area is 91.9 Å². The molecule has 0 aliphatic carbocycles. The Hall–Kier alpha value is -2.12. The molecule has 0 saturated heterocycles. The van der Waals surface area contributed by atoms with Gasteiger partial charge in [-0.3, -0.25) is 4.79 Å². The summed E-state index contributed by atoms with van der Waals surface area (Å²) in [6, 6.07) is 2.12. The maximum atomic E-state index is 13.1. The molecule has 0 radical (unpaired) electrons. The maximum Gasteiger partial charge on any atom is 0.471 e. The number of aromatic carboxylic acids is 1. The summed E-state index contributed by atoms with van der Waals surface area (Å²) in [5, 5.41) is 9.76. The Kier molecular flexibility index (Phi) is 3.35. The lowest BCUT2D eigenvalue weighted by atomic mass is 10.2. The summed E-state index contributed by atoms with van der Waals surface area (Å²) in [4.78, 5) is 20.9. The van der Waals surface area contributed by atoms with Crippen LogP contribution in [0.5, 0.6) is 0 Å². The predicted octanol–water partition coefficient (Wildman–Crippen LogP) is 2.02. The van der Waals surface area contributed by atoms with Gasteiger partial charge < -0.3 is 10.4 Å². The molecule has 0 saturated carbocycles. The second-order valence-corrected chi connectivity index (χ2v) is 2.95. The van der Waals surface area contributed by atoms with Crippen LogP contribution in [0.2, 0.25) is 0 Å². The summed E-state index contributed by atoms with van der Waals surface area (Å²) in [7, 11) is 0. The van der Waals surface area contributed by atoms with Gasteiger partial charge >= 0.3 is 18.1 Å². The van der Waals surface area contributed by atoms with E-state index in [1.54, 1.807) is 0 Å². The van der Waals surface area contributed by atoms with Crippen molar-refractivity contribution in [2.24, 2.45) is 0 Å². The first-order valence-corrected chi connectivity index (χ1v) is 4.13. The molecule has 8 heteroatoms. The normalized spacial score (nSPS) is 11.1. The van der Waals surface area contributed by atoms with Crippen LogP contribution in [0.25, 0.3) is 0 Å². The summed E-state index contributed by atoms with van der Waals surface area (Å²) < 4.78 is 48.6. The van der Waals surface area contributed by atoms with Gasteiger partial charge in [0.2, 0.25) is 0 Å². The minimum atomic E-state index is -5.14. The Morgan fingerprint density at radius 3 is 2.24 bits per heavy atom. The van der Waals surface area contributed by atoms with E-state index in [1.165, 1.54) is 5.32 Å². The van der Waals surface area contributed by atoms with Crippen molar-refractivity contribution in [2.75, 3.05) is 5.32 Å². The van der Waals surface area contributed by atoms with Crippen LogP contribution in [-0.2, 0) is 4.79 Å². The lowest BCUT2D eigenvalue weighted by molar-refractivity contribution is -0.167. The van der Waals surface area contributed by atoms with Gasteiger partial charge in [0.15, 0.2) is 0 Å². The molecule has 0 aliphatic rings. The fourth-order valence-electron chi connectivity index (χ4n) is 0.943. The number of hydrogen-bond donors (Lipinski definition) is 2. The second kappa shape index (κ2) is 4.40. The lowest BCUT2D eigenvalue weighted by Crippen LogP contribution is -2.30. The van der Waals surface area contributed by atoms with Crippen LogP contribution in [0.4, 0.5) is 23.2 Å². The molecule has 2 N–H and O–H groups in total. The van der Waals surface area contributed by atoms with Crippen LogP contribution >= 0.6 is 0 Å². The number of carboxylic acid groups (broad SMARTS) is 1. The van der Waals surface area contributed by atoms with E-state index in [-0.39, 0.29) is 0 Å². The predicted molar refractivity (Wildman–Crippen MR) is 48.0 cm³/mol. The van der Waals surface area contributed by atoms with Crippen LogP contribution in [0.3, 0.4) is 0 Å². The van der Waals surface area contributed by atoms with Crippen LogP contribution in [0, 0.1) is 5.82 Å².